The van der Waals surface area contributed by atoms with Crippen molar-refractivity contribution in [1.82, 2.24) is 0 Å². The molecule has 17 heavy (non-hydrogen) atoms. The van der Waals surface area contributed by atoms with Gasteiger partial charge < -0.3 is 14.7 Å². The van der Waals surface area contributed by atoms with Crippen LogP contribution in [0.5, 0.6) is 5.75 Å². The van der Waals surface area contributed by atoms with Crippen molar-refractivity contribution in [2.24, 2.45) is 0 Å². The Labute approximate surface area is 95.2 Å². The summed E-state index contributed by atoms with van der Waals surface area (Å²) in [5.41, 5.74) is 0.0452. The van der Waals surface area contributed by atoms with Crippen molar-refractivity contribution in [2.75, 3.05) is 19.0 Å². The minimum atomic E-state index is -4.80. The summed E-state index contributed by atoms with van der Waals surface area (Å²) < 4.78 is 39.7. The van der Waals surface area contributed by atoms with Gasteiger partial charge in [-0.05, 0) is 12.1 Å². The van der Waals surface area contributed by atoms with Crippen molar-refractivity contribution in [1.29, 1.82) is 0 Å². The number of benzene rings is 1. The van der Waals surface area contributed by atoms with Gasteiger partial charge in [0.25, 0.3) is 0 Å². The van der Waals surface area contributed by atoms with Crippen LogP contribution >= 0.6 is 0 Å². The highest BCUT2D eigenvalue weighted by Crippen LogP contribution is 2.28. The predicted molar refractivity (Wildman–Crippen MR) is 54.4 cm³/mol. The number of nitrogens with zero attached hydrogens (tertiary/aromatic N) is 1. The Hall–Kier alpha value is -1.92. The molecule has 0 aliphatic carbocycles. The fraction of sp³-hybridized carbons (Fsp3) is 0.300. The molecule has 0 aromatic heterocycles. The first-order valence-corrected chi connectivity index (χ1v) is 4.51. The number of carboxylic acid groups (broad SMARTS) is 1. The summed E-state index contributed by atoms with van der Waals surface area (Å²) in [5.74, 6) is -1.67. The van der Waals surface area contributed by atoms with Gasteiger partial charge in [-0.1, -0.05) is 0 Å². The number of hydrogen-bond donors (Lipinski definition) is 1. The molecule has 1 aromatic rings. The van der Waals surface area contributed by atoms with Crippen LogP contribution < -0.4 is 9.64 Å². The van der Waals surface area contributed by atoms with Crippen LogP contribution in [0.2, 0.25) is 0 Å². The molecule has 0 heterocycles. The summed E-state index contributed by atoms with van der Waals surface area (Å²) in [4.78, 5) is 12.2. The third-order valence-electron chi connectivity index (χ3n) is 1.91. The second kappa shape index (κ2) is 4.52. The van der Waals surface area contributed by atoms with Crippen molar-refractivity contribution in [3.05, 3.63) is 23.8 Å². The van der Waals surface area contributed by atoms with E-state index in [-0.39, 0.29) is 11.3 Å². The molecule has 0 saturated heterocycles. The molecule has 0 fully saturated rings. The van der Waals surface area contributed by atoms with Crippen LogP contribution in [0.4, 0.5) is 18.9 Å². The van der Waals surface area contributed by atoms with Gasteiger partial charge in [-0.25, -0.2) is 4.79 Å². The number of ether oxygens (including phenoxy) is 1. The lowest BCUT2D eigenvalue weighted by atomic mass is 10.1. The van der Waals surface area contributed by atoms with E-state index in [1.165, 1.54) is 19.0 Å². The summed E-state index contributed by atoms with van der Waals surface area (Å²) >= 11 is 0. The number of alkyl halides is 3. The smallest absolute Gasteiger partial charge is 0.478 e. The van der Waals surface area contributed by atoms with Crippen LogP contribution in [-0.2, 0) is 0 Å². The van der Waals surface area contributed by atoms with E-state index in [1.54, 1.807) is 0 Å². The molecule has 0 radical (unpaired) electrons. The van der Waals surface area contributed by atoms with E-state index in [1.807, 2.05) is 0 Å². The molecule has 0 saturated carbocycles. The van der Waals surface area contributed by atoms with Crippen LogP contribution in [0.15, 0.2) is 18.2 Å². The van der Waals surface area contributed by atoms with Crippen molar-refractivity contribution in [2.45, 2.75) is 6.36 Å². The van der Waals surface area contributed by atoms with Gasteiger partial charge in [0, 0.05) is 20.2 Å². The van der Waals surface area contributed by atoms with E-state index in [0.29, 0.717) is 0 Å². The standard InChI is InChI=1S/C10H10F3NO3/c1-14(2)8-5-6(17-10(11,12)13)3-4-7(8)9(15)16/h3-5H,1-2H3,(H,15,16). The van der Waals surface area contributed by atoms with Crippen molar-refractivity contribution in [3.63, 3.8) is 0 Å². The topological polar surface area (TPSA) is 49.8 Å². The lowest BCUT2D eigenvalue weighted by molar-refractivity contribution is -0.274. The quantitative estimate of drug-likeness (QED) is 0.893. The van der Waals surface area contributed by atoms with E-state index in [0.717, 1.165) is 18.2 Å². The van der Waals surface area contributed by atoms with Gasteiger partial charge in [-0.15, -0.1) is 13.2 Å². The first-order valence-electron chi connectivity index (χ1n) is 4.51. The second-order valence-corrected chi connectivity index (χ2v) is 3.43. The first-order chi connectivity index (χ1) is 7.70. The van der Waals surface area contributed by atoms with Gasteiger partial charge in [0.15, 0.2) is 0 Å². The van der Waals surface area contributed by atoms with E-state index in [9.17, 15) is 18.0 Å². The lowest BCUT2D eigenvalue weighted by Gasteiger charge is -2.17. The molecule has 0 bridgehead atoms. The molecule has 0 spiro atoms. The monoisotopic (exact) mass is 249 g/mol. The maximum absolute atomic E-state index is 12.0. The number of rotatable bonds is 3. The zero-order chi connectivity index (χ0) is 13.2. The van der Waals surface area contributed by atoms with Gasteiger partial charge in [0.1, 0.15) is 5.75 Å². The molecule has 0 atom stereocenters. The zero-order valence-electron chi connectivity index (χ0n) is 9.08. The molecular formula is C10H10F3NO3. The molecule has 4 nitrogen and oxygen atoms in total. The third-order valence-corrected chi connectivity index (χ3v) is 1.91. The van der Waals surface area contributed by atoms with Crippen LogP contribution in [0.25, 0.3) is 0 Å². The molecule has 94 valence electrons. The Morgan fingerprint density at radius 3 is 2.35 bits per heavy atom. The fourth-order valence-electron chi connectivity index (χ4n) is 1.26. The average Bonchev–Trinajstić information content (AvgIpc) is 2.14. The Balaban J connectivity index is 3.15. The molecule has 7 heteroatoms. The normalized spacial score (nSPS) is 11.1. The van der Waals surface area contributed by atoms with Gasteiger partial charge >= 0.3 is 12.3 Å². The molecule has 1 rings (SSSR count). The second-order valence-electron chi connectivity index (χ2n) is 3.43. The Bertz CT molecular complexity index is 429. The molecule has 0 amide bonds. The molecule has 0 unspecified atom stereocenters. The Morgan fingerprint density at radius 2 is 1.94 bits per heavy atom. The minimum Gasteiger partial charge on any atom is -0.478 e. The highest BCUT2D eigenvalue weighted by molar-refractivity contribution is 5.94. The number of aromatic carboxylic acids is 1. The molecule has 1 aromatic carbocycles. The molecule has 0 aliphatic rings. The van der Waals surface area contributed by atoms with Crippen molar-refractivity contribution < 1.29 is 27.8 Å². The predicted octanol–water partition coefficient (Wildman–Crippen LogP) is 2.35. The minimum absolute atomic E-state index is 0.0930. The molecule has 0 aliphatic heterocycles. The van der Waals surface area contributed by atoms with Crippen molar-refractivity contribution in [3.8, 4) is 5.75 Å². The van der Waals surface area contributed by atoms with E-state index < -0.39 is 18.1 Å². The Kier molecular flexibility index (Phi) is 3.50. The van der Waals surface area contributed by atoms with Crippen LogP contribution in [0, 0.1) is 0 Å². The van der Waals surface area contributed by atoms with Gasteiger partial charge in [-0.3, -0.25) is 0 Å². The van der Waals surface area contributed by atoms with Crippen LogP contribution in [0.3, 0.4) is 0 Å². The van der Waals surface area contributed by atoms with Crippen LogP contribution in [0.1, 0.15) is 10.4 Å². The maximum Gasteiger partial charge on any atom is 0.573 e. The summed E-state index contributed by atoms with van der Waals surface area (Å²) in [6.07, 6.45) is -4.80. The summed E-state index contributed by atoms with van der Waals surface area (Å²) in [5, 5.41) is 8.85. The molecule has 1 N–H and O–H groups in total. The van der Waals surface area contributed by atoms with Crippen molar-refractivity contribution >= 4 is 11.7 Å². The SMILES string of the molecule is CN(C)c1cc(OC(F)(F)F)ccc1C(=O)O. The number of carbonyl (C=O) groups is 1. The van der Waals surface area contributed by atoms with Crippen LogP contribution in [-0.4, -0.2) is 31.5 Å². The zero-order valence-corrected chi connectivity index (χ0v) is 9.08. The van der Waals surface area contributed by atoms with Gasteiger partial charge in [0.05, 0.1) is 11.3 Å². The number of halogens is 3. The Morgan fingerprint density at radius 1 is 1.35 bits per heavy atom. The number of anilines is 1. The summed E-state index contributed by atoms with van der Waals surface area (Å²) in [6.45, 7) is 0. The van der Waals surface area contributed by atoms with E-state index in [2.05, 4.69) is 4.74 Å². The number of carboxylic acids is 1. The largest absolute Gasteiger partial charge is 0.573 e. The highest BCUT2D eigenvalue weighted by atomic mass is 19.4. The first kappa shape index (κ1) is 13.1. The lowest BCUT2D eigenvalue weighted by Crippen LogP contribution is -2.18. The highest BCUT2D eigenvalue weighted by Gasteiger charge is 2.31. The summed E-state index contributed by atoms with van der Waals surface area (Å²) in [6, 6.07) is 3.06. The van der Waals surface area contributed by atoms with Gasteiger partial charge in [0.2, 0.25) is 0 Å². The van der Waals surface area contributed by atoms with E-state index in [4.69, 9.17) is 5.11 Å². The molecular weight excluding hydrogens is 239 g/mol. The average molecular weight is 249 g/mol. The maximum atomic E-state index is 12.0. The third kappa shape index (κ3) is 3.54. The van der Waals surface area contributed by atoms with Gasteiger partial charge in [-0.2, -0.15) is 0 Å². The van der Waals surface area contributed by atoms with E-state index >= 15 is 0 Å². The number of hydrogen-bond acceptors (Lipinski definition) is 3. The fourth-order valence-corrected chi connectivity index (χ4v) is 1.26. The summed E-state index contributed by atoms with van der Waals surface area (Å²) in [7, 11) is 3.05.